The molecule has 1 saturated heterocycles. The average molecular weight is 347 g/mol. The average Bonchev–Trinajstić information content (AvgIpc) is 2.63. The van der Waals surface area contributed by atoms with Crippen molar-refractivity contribution in [1.82, 2.24) is 4.90 Å². The van der Waals surface area contributed by atoms with Gasteiger partial charge in [0.25, 0.3) is 0 Å². The number of rotatable bonds is 4. The zero-order valence-corrected chi connectivity index (χ0v) is 14.3. The Balaban J connectivity index is 0.00000208. The van der Waals surface area contributed by atoms with Gasteiger partial charge in [-0.05, 0) is 11.1 Å². The molecule has 0 aromatic heterocycles. The summed E-state index contributed by atoms with van der Waals surface area (Å²) >= 11 is 0. The maximum Gasteiger partial charge on any atom is 0.224 e. The molecule has 128 valence electrons. The fraction of sp³-hybridized carbons (Fsp3) is 0.316. The summed E-state index contributed by atoms with van der Waals surface area (Å²) in [5, 5.41) is 0. The van der Waals surface area contributed by atoms with Gasteiger partial charge in [-0.3, -0.25) is 4.79 Å². The number of hydrogen-bond donors (Lipinski definition) is 1. The van der Waals surface area contributed by atoms with E-state index in [1.165, 1.54) is 0 Å². The molecule has 2 atom stereocenters. The largest absolute Gasteiger partial charge is 0.370 e. The highest BCUT2D eigenvalue weighted by Crippen LogP contribution is 2.23. The van der Waals surface area contributed by atoms with Crippen molar-refractivity contribution in [3.63, 3.8) is 0 Å². The Morgan fingerprint density at radius 1 is 1.12 bits per heavy atom. The lowest BCUT2D eigenvalue weighted by Crippen LogP contribution is -2.43. The van der Waals surface area contributed by atoms with E-state index in [1.54, 1.807) is 0 Å². The van der Waals surface area contributed by atoms with Crippen molar-refractivity contribution < 1.29 is 9.53 Å². The van der Waals surface area contributed by atoms with Crippen LogP contribution in [0.15, 0.2) is 60.7 Å². The first-order valence-electron chi connectivity index (χ1n) is 7.99. The van der Waals surface area contributed by atoms with Crippen molar-refractivity contribution in [2.24, 2.45) is 5.73 Å². The standard InChI is InChI=1S/C19H22N2O2.ClH/c20-17(15-7-3-1-4-8-15)13-19(22)21-11-12-23-18(14-21)16-9-5-2-6-10-16;/h1-10,17-18H,11-14,20H2;1H. The summed E-state index contributed by atoms with van der Waals surface area (Å²) < 4.78 is 5.81. The number of nitrogens with two attached hydrogens (primary N) is 1. The second-order valence-electron chi connectivity index (χ2n) is 5.83. The molecule has 2 unspecified atom stereocenters. The van der Waals surface area contributed by atoms with Gasteiger partial charge >= 0.3 is 0 Å². The molecule has 3 rings (SSSR count). The second kappa shape index (κ2) is 8.83. The summed E-state index contributed by atoms with van der Waals surface area (Å²) in [6, 6.07) is 19.5. The number of morpholine rings is 1. The molecule has 0 radical (unpaired) electrons. The summed E-state index contributed by atoms with van der Waals surface area (Å²) in [5.41, 5.74) is 8.27. The molecular formula is C19H23ClN2O2. The maximum absolute atomic E-state index is 12.5. The number of carbonyl (C=O) groups is 1. The minimum Gasteiger partial charge on any atom is -0.370 e. The van der Waals surface area contributed by atoms with Crippen LogP contribution < -0.4 is 5.73 Å². The molecule has 1 aliphatic rings. The molecular weight excluding hydrogens is 324 g/mol. The molecule has 1 fully saturated rings. The van der Waals surface area contributed by atoms with Crippen LogP contribution in [0.25, 0.3) is 0 Å². The number of carbonyl (C=O) groups excluding carboxylic acids is 1. The smallest absolute Gasteiger partial charge is 0.224 e. The normalized spacial score (nSPS) is 18.5. The van der Waals surface area contributed by atoms with Gasteiger partial charge in [-0.2, -0.15) is 0 Å². The van der Waals surface area contributed by atoms with Crippen LogP contribution >= 0.6 is 12.4 Å². The highest BCUT2D eigenvalue weighted by Gasteiger charge is 2.26. The topological polar surface area (TPSA) is 55.6 Å². The Bertz CT molecular complexity index is 636. The lowest BCUT2D eigenvalue weighted by atomic mass is 10.0. The van der Waals surface area contributed by atoms with Crippen LogP contribution in [0.4, 0.5) is 0 Å². The van der Waals surface area contributed by atoms with E-state index in [9.17, 15) is 4.79 Å². The first kappa shape index (κ1) is 18.5. The van der Waals surface area contributed by atoms with E-state index in [2.05, 4.69) is 0 Å². The van der Waals surface area contributed by atoms with Gasteiger partial charge < -0.3 is 15.4 Å². The quantitative estimate of drug-likeness (QED) is 0.925. The van der Waals surface area contributed by atoms with Crippen LogP contribution in [-0.2, 0) is 9.53 Å². The molecule has 1 aliphatic heterocycles. The zero-order valence-electron chi connectivity index (χ0n) is 13.5. The van der Waals surface area contributed by atoms with E-state index in [0.29, 0.717) is 26.1 Å². The molecule has 2 N–H and O–H groups in total. The van der Waals surface area contributed by atoms with Gasteiger partial charge in [-0.25, -0.2) is 0 Å². The van der Waals surface area contributed by atoms with Crippen molar-refractivity contribution in [3.8, 4) is 0 Å². The molecule has 0 aliphatic carbocycles. The molecule has 0 bridgehead atoms. The third-order valence-electron chi connectivity index (χ3n) is 4.21. The van der Waals surface area contributed by atoms with Crippen LogP contribution in [-0.4, -0.2) is 30.5 Å². The first-order chi connectivity index (χ1) is 11.2. The Kier molecular flexibility index (Phi) is 6.79. The third kappa shape index (κ3) is 4.57. The van der Waals surface area contributed by atoms with Crippen molar-refractivity contribution in [1.29, 1.82) is 0 Å². The predicted octanol–water partition coefficient (Wildman–Crippen LogP) is 3.10. The van der Waals surface area contributed by atoms with Gasteiger partial charge in [0.05, 0.1) is 13.2 Å². The summed E-state index contributed by atoms with van der Waals surface area (Å²) in [6.07, 6.45) is 0.271. The lowest BCUT2D eigenvalue weighted by Gasteiger charge is -2.33. The number of ether oxygens (including phenoxy) is 1. The Morgan fingerprint density at radius 3 is 2.42 bits per heavy atom. The molecule has 2 aromatic carbocycles. The molecule has 1 amide bonds. The highest BCUT2D eigenvalue weighted by molar-refractivity contribution is 5.85. The molecule has 24 heavy (non-hydrogen) atoms. The monoisotopic (exact) mass is 346 g/mol. The first-order valence-corrected chi connectivity index (χ1v) is 7.99. The minimum absolute atomic E-state index is 0. The third-order valence-corrected chi connectivity index (χ3v) is 4.21. The highest BCUT2D eigenvalue weighted by atomic mass is 35.5. The fourth-order valence-corrected chi connectivity index (χ4v) is 2.88. The van der Waals surface area contributed by atoms with Crippen LogP contribution in [0.1, 0.15) is 29.7 Å². The van der Waals surface area contributed by atoms with E-state index in [0.717, 1.165) is 11.1 Å². The molecule has 1 heterocycles. The van der Waals surface area contributed by atoms with E-state index in [4.69, 9.17) is 10.5 Å². The number of nitrogens with zero attached hydrogens (tertiary/aromatic N) is 1. The summed E-state index contributed by atoms with van der Waals surface area (Å²) in [6.45, 7) is 1.78. The Morgan fingerprint density at radius 2 is 1.75 bits per heavy atom. The molecule has 4 nitrogen and oxygen atoms in total. The molecule has 0 spiro atoms. The van der Waals surface area contributed by atoms with E-state index in [-0.39, 0.29) is 30.5 Å². The summed E-state index contributed by atoms with van der Waals surface area (Å²) in [4.78, 5) is 14.4. The van der Waals surface area contributed by atoms with Gasteiger partial charge in [-0.1, -0.05) is 60.7 Å². The van der Waals surface area contributed by atoms with Crippen molar-refractivity contribution in [2.45, 2.75) is 18.6 Å². The Hall–Kier alpha value is -1.88. The predicted molar refractivity (Wildman–Crippen MR) is 97.0 cm³/mol. The number of hydrogen-bond acceptors (Lipinski definition) is 3. The van der Waals surface area contributed by atoms with Crippen molar-refractivity contribution in [2.75, 3.05) is 19.7 Å². The van der Waals surface area contributed by atoms with Crippen LogP contribution in [0.5, 0.6) is 0 Å². The number of benzene rings is 2. The van der Waals surface area contributed by atoms with Crippen molar-refractivity contribution in [3.05, 3.63) is 71.8 Å². The Labute approximate surface area is 149 Å². The molecule has 0 saturated carbocycles. The molecule has 5 heteroatoms. The summed E-state index contributed by atoms with van der Waals surface area (Å²) in [7, 11) is 0. The molecule has 2 aromatic rings. The van der Waals surface area contributed by atoms with E-state index in [1.807, 2.05) is 65.6 Å². The van der Waals surface area contributed by atoms with Gasteiger partial charge in [-0.15, -0.1) is 12.4 Å². The number of amides is 1. The second-order valence-corrected chi connectivity index (χ2v) is 5.83. The fourth-order valence-electron chi connectivity index (χ4n) is 2.88. The van der Waals surface area contributed by atoms with Gasteiger partial charge in [0, 0.05) is 19.0 Å². The minimum atomic E-state index is -0.262. The van der Waals surface area contributed by atoms with E-state index >= 15 is 0 Å². The van der Waals surface area contributed by atoms with Crippen LogP contribution in [0, 0.1) is 0 Å². The van der Waals surface area contributed by atoms with Gasteiger partial charge in [0.15, 0.2) is 0 Å². The summed E-state index contributed by atoms with van der Waals surface area (Å²) in [5.74, 6) is 0.0885. The van der Waals surface area contributed by atoms with Crippen LogP contribution in [0.3, 0.4) is 0 Å². The van der Waals surface area contributed by atoms with Gasteiger partial charge in [0.1, 0.15) is 6.10 Å². The lowest BCUT2D eigenvalue weighted by molar-refractivity contribution is -0.139. The zero-order chi connectivity index (χ0) is 16.1. The maximum atomic E-state index is 12.5. The SMILES string of the molecule is Cl.NC(CC(=O)N1CCOC(c2ccccc2)C1)c1ccccc1. The van der Waals surface area contributed by atoms with Crippen LogP contribution in [0.2, 0.25) is 0 Å². The number of halogens is 1. The van der Waals surface area contributed by atoms with Gasteiger partial charge in [0.2, 0.25) is 5.91 Å². The van der Waals surface area contributed by atoms with Crippen molar-refractivity contribution >= 4 is 18.3 Å². The van der Waals surface area contributed by atoms with E-state index < -0.39 is 0 Å².